The van der Waals surface area contributed by atoms with E-state index in [1.807, 2.05) is 18.7 Å². The van der Waals surface area contributed by atoms with E-state index in [-0.39, 0.29) is 17.4 Å². The minimum absolute atomic E-state index is 0.0475. The summed E-state index contributed by atoms with van der Waals surface area (Å²) in [6.07, 6.45) is -10.1. The molecule has 0 amide bonds. The fourth-order valence-electron chi connectivity index (χ4n) is 3.64. The number of hydrogen-bond acceptors (Lipinski definition) is 10. The van der Waals surface area contributed by atoms with Gasteiger partial charge in [0.05, 0.1) is 5.69 Å². The van der Waals surface area contributed by atoms with Gasteiger partial charge in [-0.25, -0.2) is 4.79 Å². The third-order valence-corrected chi connectivity index (χ3v) is 7.32. The van der Waals surface area contributed by atoms with Crippen molar-refractivity contribution < 1.29 is 53.1 Å². The van der Waals surface area contributed by atoms with Crippen LogP contribution in [0.2, 0.25) is 0 Å². The molecule has 1 unspecified atom stereocenters. The number of fused-ring (bicyclic) bond motifs is 1. The molecule has 0 radical (unpaired) electrons. The van der Waals surface area contributed by atoms with Crippen LogP contribution in [0.15, 0.2) is 22.4 Å². The highest BCUT2D eigenvalue weighted by Crippen LogP contribution is 2.42. The molecule has 0 spiro atoms. The minimum atomic E-state index is -6.19. The molecular formula is C19H18F8N6O4S2. The Morgan fingerprint density at radius 1 is 1.13 bits per heavy atom. The number of aryl methyl sites for hydroxylation is 1. The molecule has 1 N–H and O–H groups in total. The van der Waals surface area contributed by atoms with E-state index >= 15 is 0 Å². The number of halogens is 8. The van der Waals surface area contributed by atoms with Crippen LogP contribution in [-0.2, 0) is 21.2 Å². The molecule has 1 aliphatic rings. The number of ether oxygens (including phenoxy) is 1. The summed E-state index contributed by atoms with van der Waals surface area (Å²) in [7, 11) is -5.88. The third kappa shape index (κ3) is 6.53. The molecule has 1 aromatic heterocycles. The highest BCUT2D eigenvalue weighted by molar-refractivity contribution is 7.93. The van der Waals surface area contributed by atoms with Gasteiger partial charge < -0.3 is 9.64 Å². The Kier molecular flexibility index (Phi) is 8.40. The summed E-state index contributed by atoms with van der Waals surface area (Å²) in [5.41, 5.74) is -5.57. The number of carbonyl (C=O) groups is 1. The lowest BCUT2D eigenvalue weighted by Crippen LogP contribution is -2.40. The average molecular weight is 611 g/mol. The molecular weight excluding hydrogens is 592 g/mol. The van der Waals surface area contributed by atoms with E-state index in [0.717, 1.165) is 6.42 Å². The summed E-state index contributed by atoms with van der Waals surface area (Å²) >= 11 is 0.0861. The van der Waals surface area contributed by atoms with Crippen LogP contribution < -0.4 is 9.62 Å². The molecule has 2 aromatic rings. The van der Waals surface area contributed by atoms with Crippen LogP contribution in [-0.4, -0.2) is 55.0 Å². The number of hydrogen-bond donors (Lipinski definition) is 1. The lowest BCUT2D eigenvalue weighted by molar-refractivity contribution is -0.370. The van der Waals surface area contributed by atoms with Gasteiger partial charge in [0.1, 0.15) is 5.69 Å². The third-order valence-electron chi connectivity index (χ3n) is 5.44. The average Bonchev–Trinajstić information content (AvgIpc) is 3.29. The zero-order valence-corrected chi connectivity index (χ0v) is 21.4. The maximum Gasteiger partial charge on any atom is 0.516 e. The number of azo groups is 1. The summed E-state index contributed by atoms with van der Waals surface area (Å²) in [4.78, 5) is 13.5. The van der Waals surface area contributed by atoms with E-state index in [9.17, 15) is 48.3 Å². The summed E-state index contributed by atoms with van der Waals surface area (Å²) in [6, 6.07) is 2.51. The van der Waals surface area contributed by atoms with Crippen molar-refractivity contribution in [2.75, 3.05) is 16.2 Å². The Morgan fingerprint density at radius 2 is 1.79 bits per heavy atom. The lowest BCUT2D eigenvalue weighted by atomic mass is 9.93. The number of nitrogens with one attached hydrogen (secondary N) is 1. The van der Waals surface area contributed by atoms with Crippen LogP contribution >= 0.6 is 11.3 Å². The summed E-state index contributed by atoms with van der Waals surface area (Å²) in [5.74, 6) is -2.17. The topological polar surface area (TPSA) is 126 Å². The van der Waals surface area contributed by atoms with Crippen molar-refractivity contribution in [3.8, 4) is 0 Å². The number of benzene rings is 1. The zero-order chi connectivity index (χ0) is 29.4. The van der Waals surface area contributed by atoms with Crippen molar-refractivity contribution in [2.45, 2.75) is 56.9 Å². The quantitative estimate of drug-likeness (QED) is 0.218. The molecule has 216 valence electrons. The van der Waals surface area contributed by atoms with Gasteiger partial charge in [-0.05, 0) is 43.9 Å². The molecule has 0 fully saturated rings. The van der Waals surface area contributed by atoms with Crippen LogP contribution in [0.3, 0.4) is 0 Å². The van der Waals surface area contributed by atoms with Gasteiger partial charge >= 0.3 is 33.8 Å². The summed E-state index contributed by atoms with van der Waals surface area (Å²) in [5, 5.41) is 11.9. The lowest BCUT2D eigenvalue weighted by Gasteiger charge is -2.38. The second-order valence-electron chi connectivity index (χ2n) is 7.93. The first-order chi connectivity index (χ1) is 17.9. The number of esters is 1. The first-order valence-electron chi connectivity index (χ1n) is 10.9. The standard InChI is InChI=1S/C19H18F8N6O4S2/c1-3-10-6-5-9-7-11(12(8-13(9)33(10)4-2)32-39(35,36)19(25,26)27)28-30-16-31-29-14(38-16)15(34)37-18(23,24)17(20,21)22/h7-8,10,32H,3-6H2,1-2H3. The molecule has 3 rings (SSSR count). The zero-order valence-electron chi connectivity index (χ0n) is 19.8. The Morgan fingerprint density at radius 3 is 2.36 bits per heavy atom. The maximum absolute atomic E-state index is 13.1. The van der Waals surface area contributed by atoms with Gasteiger partial charge in [-0.2, -0.15) is 43.5 Å². The van der Waals surface area contributed by atoms with Crippen LogP contribution in [0, 0.1) is 0 Å². The summed E-state index contributed by atoms with van der Waals surface area (Å²) in [6.45, 7) is 4.20. The molecule has 0 aliphatic carbocycles. The molecule has 20 heteroatoms. The number of nitrogens with zero attached hydrogens (tertiary/aromatic N) is 5. The van der Waals surface area contributed by atoms with Gasteiger partial charge in [0.15, 0.2) is 0 Å². The van der Waals surface area contributed by atoms with Crippen molar-refractivity contribution in [1.29, 1.82) is 0 Å². The Hall–Kier alpha value is -3.16. The normalized spacial score (nSPS) is 16.9. The number of sulfonamides is 1. The smallest absolute Gasteiger partial charge is 0.388 e. The Balaban J connectivity index is 1.97. The van der Waals surface area contributed by atoms with E-state index < -0.39 is 55.3 Å². The first-order valence-corrected chi connectivity index (χ1v) is 13.2. The van der Waals surface area contributed by atoms with Crippen molar-refractivity contribution in [1.82, 2.24) is 10.2 Å². The van der Waals surface area contributed by atoms with E-state index in [2.05, 4.69) is 25.2 Å². The first kappa shape index (κ1) is 30.4. The largest absolute Gasteiger partial charge is 0.516 e. The van der Waals surface area contributed by atoms with Gasteiger partial charge in [-0.15, -0.1) is 20.4 Å². The van der Waals surface area contributed by atoms with Gasteiger partial charge in [-0.3, -0.25) is 4.72 Å². The Bertz CT molecular complexity index is 1360. The second-order valence-corrected chi connectivity index (χ2v) is 10.6. The van der Waals surface area contributed by atoms with Crippen LogP contribution in [0.5, 0.6) is 0 Å². The van der Waals surface area contributed by atoms with Crippen LogP contribution in [0.25, 0.3) is 0 Å². The molecule has 0 bridgehead atoms. The molecule has 1 atom stereocenters. The van der Waals surface area contributed by atoms with Crippen molar-refractivity contribution in [3.05, 3.63) is 22.7 Å². The number of anilines is 2. The van der Waals surface area contributed by atoms with Gasteiger partial charge in [-0.1, -0.05) is 18.3 Å². The van der Waals surface area contributed by atoms with Gasteiger partial charge in [0.2, 0.25) is 5.01 Å². The minimum Gasteiger partial charge on any atom is -0.388 e. The SMILES string of the molecule is CCC1CCc2cc(N=Nc3nnc(C(=O)OC(F)(F)C(F)(F)F)s3)c(NS(=O)(=O)C(F)(F)F)cc2N1CC. The molecule has 0 saturated carbocycles. The predicted octanol–water partition coefficient (Wildman–Crippen LogP) is 6.08. The number of rotatable bonds is 8. The fraction of sp³-hybridized carbons (Fsp3) is 0.526. The van der Waals surface area contributed by atoms with E-state index in [1.165, 1.54) is 16.9 Å². The van der Waals surface area contributed by atoms with Gasteiger partial charge in [0, 0.05) is 18.3 Å². The van der Waals surface area contributed by atoms with E-state index in [4.69, 9.17) is 0 Å². The molecule has 39 heavy (non-hydrogen) atoms. The second kappa shape index (κ2) is 10.8. The summed E-state index contributed by atoms with van der Waals surface area (Å²) < 4.78 is 130. The van der Waals surface area contributed by atoms with E-state index in [0.29, 0.717) is 30.6 Å². The van der Waals surface area contributed by atoms with Gasteiger partial charge in [0.25, 0.3) is 5.13 Å². The maximum atomic E-state index is 13.1. The highest BCUT2D eigenvalue weighted by atomic mass is 32.2. The fourth-order valence-corrected chi connectivity index (χ4v) is 4.75. The molecule has 1 aliphatic heterocycles. The Labute approximate surface area is 219 Å². The van der Waals surface area contributed by atoms with Crippen molar-refractivity contribution >= 4 is 49.5 Å². The molecule has 0 saturated heterocycles. The number of alkyl halides is 8. The number of aromatic nitrogens is 2. The van der Waals surface area contributed by atoms with Crippen LogP contribution in [0.4, 0.5) is 57.3 Å². The van der Waals surface area contributed by atoms with Crippen molar-refractivity contribution in [2.24, 2.45) is 10.2 Å². The highest BCUT2D eigenvalue weighted by Gasteiger charge is 2.62. The molecule has 2 heterocycles. The molecule has 10 nitrogen and oxygen atoms in total. The van der Waals surface area contributed by atoms with Crippen LogP contribution in [0.1, 0.15) is 42.1 Å². The monoisotopic (exact) mass is 610 g/mol. The predicted molar refractivity (Wildman–Crippen MR) is 121 cm³/mol. The number of carbonyl (C=O) groups excluding carboxylic acids is 1. The molecule has 1 aromatic carbocycles. The van der Waals surface area contributed by atoms with Crippen molar-refractivity contribution in [3.63, 3.8) is 0 Å². The van der Waals surface area contributed by atoms with E-state index in [1.54, 1.807) is 0 Å².